The number of hydrogen-bond acceptors (Lipinski definition) is 2. The minimum absolute atomic E-state index is 0. The molecular formula is C9H8ClN2Na. The fourth-order valence-corrected chi connectivity index (χ4v) is 1.03. The first kappa shape index (κ1) is 12.7. The van der Waals surface area contributed by atoms with Crippen LogP contribution in [0, 0.1) is 0 Å². The van der Waals surface area contributed by atoms with Gasteiger partial charge in [-0.1, -0.05) is 18.2 Å². The Morgan fingerprint density at radius 2 is 1.92 bits per heavy atom. The summed E-state index contributed by atoms with van der Waals surface area (Å²) in [6.45, 7) is 0. The van der Waals surface area contributed by atoms with Crippen molar-refractivity contribution < 1.29 is 42.0 Å². The summed E-state index contributed by atoms with van der Waals surface area (Å²) in [6.07, 6.45) is 5.40. The monoisotopic (exact) mass is 202 g/mol. The molecule has 0 saturated carbocycles. The zero-order valence-corrected chi connectivity index (χ0v) is 10.1. The number of fused-ring (bicyclic) bond motifs is 1. The van der Waals surface area contributed by atoms with Gasteiger partial charge in [0.25, 0.3) is 0 Å². The maximum atomic E-state index is 4.04. The van der Waals surface area contributed by atoms with Crippen molar-refractivity contribution in [2.75, 3.05) is 5.32 Å². The minimum atomic E-state index is 0. The predicted octanol–water partition coefficient (Wildman–Crippen LogP) is -3.99. The number of benzene rings is 1. The third kappa shape index (κ3) is 3.16. The molecule has 0 fully saturated rings. The molecule has 0 aliphatic carbocycles. The third-order valence-electron chi connectivity index (χ3n) is 1.57. The maximum absolute atomic E-state index is 4.04. The van der Waals surface area contributed by atoms with Gasteiger partial charge in [0.15, 0.2) is 0 Å². The van der Waals surface area contributed by atoms with Gasteiger partial charge in [0.05, 0.1) is 0 Å². The number of nitrogens with zero attached hydrogens (tertiary/aromatic N) is 1. The SMILES string of the molecule is C1=CNc2ccccc2C=N1.[Cl-].[Na+]. The zero-order valence-electron chi connectivity index (χ0n) is 7.37. The van der Waals surface area contributed by atoms with Crippen molar-refractivity contribution in [1.29, 1.82) is 0 Å². The number of nitrogens with one attached hydrogen (secondary N) is 1. The molecule has 0 aromatic heterocycles. The van der Waals surface area contributed by atoms with Crippen molar-refractivity contribution in [1.82, 2.24) is 0 Å². The average Bonchev–Trinajstić information content (AvgIpc) is 2.28. The minimum Gasteiger partial charge on any atom is -1.00 e. The fourth-order valence-electron chi connectivity index (χ4n) is 1.03. The first-order valence-electron chi connectivity index (χ1n) is 3.50. The Morgan fingerprint density at radius 1 is 1.15 bits per heavy atom. The summed E-state index contributed by atoms with van der Waals surface area (Å²) < 4.78 is 0. The molecule has 2 rings (SSSR count). The van der Waals surface area contributed by atoms with Crippen LogP contribution in [0.15, 0.2) is 41.7 Å². The van der Waals surface area contributed by atoms with Gasteiger partial charge in [-0.05, 0) is 6.07 Å². The number of rotatable bonds is 0. The average molecular weight is 203 g/mol. The molecule has 0 atom stereocenters. The van der Waals surface area contributed by atoms with Gasteiger partial charge >= 0.3 is 29.6 Å². The van der Waals surface area contributed by atoms with E-state index in [4.69, 9.17) is 0 Å². The maximum Gasteiger partial charge on any atom is 1.00 e. The summed E-state index contributed by atoms with van der Waals surface area (Å²) in [7, 11) is 0. The van der Waals surface area contributed by atoms with E-state index in [0.717, 1.165) is 11.3 Å². The molecule has 0 spiro atoms. The second-order valence-electron chi connectivity index (χ2n) is 2.33. The summed E-state index contributed by atoms with van der Waals surface area (Å²) in [5.41, 5.74) is 2.22. The standard InChI is InChI=1S/C9H8N2.ClH.Na/c1-2-4-9-8(3-1)7-10-5-6-11-9;;/h1-7,11H;1H;/q;;+1/p-1. The van der Waals surface area contributed by atoms with E-state index in [1.165, 1.54) is 0 Å². The summed E-state index contributed by atoms with van der Waals surface area (Å²) in [5, 5.41) is 3.12. The van der Waals surface area contributed by atoms with Crippen LogP contribution in [0.2, 0.25) is 0 Å². The van der Waals surface area contributed by atoms with Crippen molar-refractivity contribution in [3.05, 3.63) is 42.2 Å². The Kier molecular flexibility index (Phi) is 6.08. The van der Waals surface area contributed by atoms with E-state index in [1.54, 1.807) is 6.20 Å². The van der Waals surface area contributed by atoms with E-state index in [-0.39, 0.29) is 42.0 Å². The quantitative estimate of drug-likeness (QED) is 0.427. The summed E-state index contributed by atoms with van der Waals surface area (Å²) in [5.74, 6) is 0. The van der Waals surface area contributed by atoms with Crippen LogP contribution in [0.4, 0.5) is 5.69 Å². The van der Waals surface area contributed by atoms with Crippen molar-refractivity contribution in [3.8, 4) is 0 Å². The molecular weight excluding hydrogens is 195 g/mol. The molecule has 4 heteroatoms. The molecule has 0 bridgehead atoms. The number of para-hydroxylation sites is 1. The largest absolute Gasteiger partial charge is 1.00 e. The van der Waals surface area contributed by atoms with Crippen LogP contribution in [0.3, 0.4) is 0 Å². The second kappa shape index (κ2) is 6.22. The topological polar surface area (TPSA) is 24.4 Å². The van der Waals surface area contributed by atoms with Crippen molar-refractivity contribution in [2.45, 2.75) is 0 Å². The van der Waals surface area contributed by atoms with Crippen molar-refractivity contribution in [3.63, 3.8) is 0 Å². The van der Waals surface area contributed by atoms with Gasteiger partial charge in [-0.25, -0.2) is 0 Å². The molecule has 1 heterocycles. The van der Waals surface area contributed by atoms with E-state index in [2.05, 4.69) is 10.3 Å². The molecule has 0 radical (unpaired) electrons. The molecule has 2 nitrogen and oxygen atoms in total. The molecule has 1 aromatic carbocycles. The van der Waals surface area contributed by atoms with Gasteiger partial charge in [0.1, 0.15) is 0 Å². The number of halogens is 1. The van der Waals surface area contributed by atoms with Crippen LogP contribution >= 0.6 is 0 Å². The van der Waals surface area contributed by atoms with E-state index >= 15 is 0 Å². The van der Waals surface area contributed by atoms with Crippen LogP contribution in [0.1, 0.15) is 5.56 Å². The van der Waals surface area contributed by atoms with Crippen LogP contribution in [-0.2, 0) is 0 Å². The predicted molar refractivity (Wildman–Crippen MR) is 46.8 cm³/mol. The molecule has 0 unspecified atom stereocenters. The Balaban J connectivity index is 0.000000720. The van der Waals surface area contributed by atoms with Gasteiger partial charge < -0.3 is 17.7 Å². The Morgan fingerprint density at radius 3 is 2.77 bits per heavy atom. The summed E-state index contributed by atoms with van der Waals surface area (Å²) >= 11 is 0. The molecule has 62 valence electrons. The Hall–Kier alpha value is -0.280. The van der Waals surface area contributed by atoms with Crippen LogP contribution in [0.25, 0.3) is 0 Å². The number of hydrogen-bond donors (Lipinski definition) is 1. The van der Waals surface area contributed by atoms with Gasteiger partial charge in [0.2, 0.25) is 0 Å². The van der Waals surface area contributed by atoms with E-state index in [0.29, 0.717) is 0 Å². The molecule has 1 aliphatic rings. The van der Waals surface area contributed by atoms with E-state index < -0.39 is 0 Å². The fraction of sp³-hybridized carbons (Fsp3) is 0. The van der Waals surface area contributed by atoms with E-state index in [1.807, 2.05) is 36.7 Å². The Labute approximate surface area is 106 Å². The summed E-state index contributed by atoms with van der Waals surface area (Å²) in [6, 6.07) is 8.05. The van der Waals surface area contributed by atoms with Crippen LogP contribution in [-0.4, -0.2) is 6.21 Å². The summed E-state index contributed by atoms with van der Waals surface area (Å²) in [4.78, 5) is 4.04. The first-order chi connectivity index (χ1) is 5.47. The molecule has 0 amide bonds. The van der Waals surface area contributed by atoms with E-state index in [9.17, 15) is 0 Å². The second-order valence-corrected chi connectivity index (χ2v) is 2.33. The van der Waals surface area contributed by atoms with Crippen molar-refractivity contribution in [2.24, 2.45) is 4.99 Å². The number of anilines is 1. The molecule has 1 N–H and O–H groups in total. The van der Waals surface area contributed by atoms with Gasteiger partial charge in [-0.3, -0.25) is 4.99 Å². The third-order valence-corrected chi connectivity index (χ3v) is 1.57. The van der Waals surface area contributed by atoms with Crippen LogP contribution < -0.4 is 47.3 Å². The number of aliphatic imine (C=N–C) groups is 1. The van der Waals surface area contributed by atoms with Gasteiger partial charge in [-0.15, -0.1) is 0 Å². The molecule has 0 saturated heterocycles. The molecule has 1 aromatic rings. The molecule has 1 aliphatic heterocycles. The van der Waals surface area contributed by atoms with Gasteiger partial charge in [-0.2, -0.15) is 0 Å². The van der Waals surface area contributed by atoms with Crippen molar-refractivity contribution >= 4 is 11.9 Å². The molecule has 13 heavy (non-hydrogen) atoms. The zero-order chi connectivity index (χ0) is 7.52. The smallest absolute Gasteiger partial charge is 1.00 e. The van der Waals surface area contributed by atoms with Crippen LogP contribution in [0.5, 0.6) is 0 Å². The first-order valence-corrected chi connectivity index (χ1v) is 3.50. The Bertz CT molecular complexity index is 323. The normalized spacial score (nSPS) is 11.4. The van der Waals surface area contributed by atoms with Gasteiger partial charge in [0, 0.05) is 29.9 Å².